The van der Waals surface area contributed by atoms with E-state index in [-0.39, 0.29) is 0 Å². The number of amides is 1. The van der Waals surface area contributed by atoms with Crippen LogP contribution in [0, 0.1) is 6.92 Å². The fourth-order valence-corrected chi connectivity index (χ4v) is 4.06. The zero-order valence-corrected chi connectivity index (χ0v) is 17.5. The molecule has 28 heavy (non-hydrogen) atoms. The van der Waals surface area contributed by atoms with Gasteiger partial charge in [-0.05, 0) is 43.7 Å². The van der Waals surface area contributed by atoms with Crippen molar-refractivity contribution in [3.63, 3.8) is 0 Å². The van der Waals surface area contributed by atoms with Gasteiger partial charge < -0.3 is 10.1 Å². The zero-order valence-electron chi connectivity index (χ0n) is 16.0. The molecule has 0 saturated carbocycles. The molecule has 0 bridgehead atoms. The first-order chi connectivity index (χ1) is 13.1. The Balaban J connectivity index is 2.30. The Morgan fingerprint density at radius 3 is 2.68 bits per heavy atom. The van der Waals surface area contributed by atoms with Crippen LogP contribution in [0.1, 0.15) is 12.5 Å². The molecule has 0 aliphatic heterocycles. The molecule has 1 N–H and O–H groups in total. The number of ether oxygens (including phenoxy) is 1. The van der Waals surface area contributed by atoms with E-state index in [9.17, 15) is 13.2 Å². The van der Waals surface area contributed by atoms with Crippen LogP contribution in [0.25, 0.3) is 0 Å². The molecule has 150 valence electrons. The van der Waals surface area contributed by atoms with Gasteiger partial charge in [0.2, 0.25) is 15.9 Å². The number of aryl methyl sites for hydroxylation is 1. The third-order valence-electron chi connectivity index (χ3n) is 3.97. The number of sulfonamides is 1. The Kier molecular flexibility index (Phi) is 7.10. The van der Waals surface area contributed by atoms with Crippen molar-refractivity contribution >= 4 is 38.9 Å². The normalized spacial score (nSPS) is 12.1. The summed E-state index contributed by atoms with van der Waals surface area (Å²) >= 11 is 6.04. The second-order valence-corrected chi connectivity index (χ2v) is 8.58. The lowest BCUT2D eigenvalue weighted by Crippen LogP contribution is -2.45. The number of hydrogen-bond donors (Lipinski definition) is 1. The summed E-state index contributed by atoms with van der Waals surface area (Å²) in [5.41, 5.74) is 1.55. The van der Waals surface area contributed by atoms with E-state index in [1.54, 1.807) is 49.4 Å². The van der Waals surface area contributed by atoms with Gasteiger partial charge in [0.15, 0.2) is 0 Å². The number of carbonyl (C=O) groups is 1. The molecule has 0 unspecified atom stereocenters. The lowest BCUT2D eigenvalue weighted by atomic mass is 10.1. The van der Waals surface area contributed by atoms with Crippen LogP contribution in [-0.2, 0) is 14.8 Å². The largest absolute Gasteiger partial charge is 0.489 e. The van der Waals surface area contributed by atoms with Crippen LogP contribution in [0.4, 0.5) is 11.4 Å². The van der Waals surface area contributed by atoms with Crippen molar-refractivity contribution < 1.29 is 17.9 Å². The van der Waals surface area contributed by atoms with Crippen LogP contribution in [0.5, 0.6) is 5.75 Å². The molecule has 0 aromatic heterocycles. The monoisotopic (exact) mass is 422 g/mol. The van der Waals surface area contributed by atoms with Crippen LogP contribution in [0.3, 0.4) is 0 Å². The minimum atomic E-state index is -3.74. The number of halogens is 1. The fraction of sp³-hybridized carbons (Fsp3) is 0.250. The van der Waals surface area contributed by atoms with Crippen molar-refractivity contribution in [2.24, 2.45) is 0 Å². The first-order valence-corrected chi connectivity index (χ1v) is 10.8. The second-order valence-electron chi connectivity index (χ2n) is 6.28. The van der Waals surface area contributed by atoms with E-state index < -0.39 is 22.0 Å². The van der Waals surface area contributed by atoms with E-state index in [2.05, 4.69) is 11.9 Å². The highest BCUT2D eigenvalue weighted by molar-refractivity contribution is 7.92. The first-order valence-electron chi connectivity index (χ1n) is 8.53. The summed E-state index contributed by atoms with van der Waals surface area (Å²) in [5, 5.41) is 3.11. The molecule has 0 fully saturated rings. The van der Waals surface area contributed by atoms with Gasteiger partial charge in [0.25, 0.3) is 0 Å². The first kappa shape index (κ1) is 21.8. The lowest BCUT2D eigenvalue weighted by Gasteiger charge is -2.29. The molecule has 1 amide bonds. The third kappa shape index (κ3) is 5.50. The maximum absolute atomic E-state index is 12.8. The smallest absolute Gasteiger partial charge is 0.247 e. The van der Waals surface area contributed by atoms with Crippen molar-refractivity contribution in [1.29, 1.82) is 0 Å². The van der Waals surface area contributed by atoms with E-state index in [1.807, 2.05) is 0 Å². The van der Waals surface area contributed by atoms with E-state index in [4.69, 9.17) is 16.3 Å². The standard InChI is InChI=1S/C20H23ClN2O4S/c1-5-11-27-18-8-6-7-17(13-18)22-20(24)15(3)23(28(4,25)26)19-12-16(21)10-9-14(19)2/h5-10,12-13,15H,1,11H2,2-4H3,(H,22,24)/t15-/m0/s1. The fourth-order valence-electron chi connectivity index (χ4n) is 2.67. The maximum Gasteiger partial charge on any atom is 0.247 e. The quantitative estimate of drug-likeness (QED) is 0.652. The Morgan fingerprint density at radius 2 is 2.04 bits per heavy atom. The predicted molar refractivity (Wildman–Crippen MR) is 114 cm³/mol. The van der Waals surface area contributed by atoms with Crippen molar-refractivity contribution in [3.8, 4) is 5.75 Å². The topological polar surface area (TPSA) is 75.7 Å². The van der Waals surface area contributed by atoms with Gasteiger partial charge in [-0.1, -0.05) is 36.4 Å². The Hall–Kier alpha value is -2.51. The summed E-state index contributed by atoms with van der Waals surface area (Å²) in [6, 6.07) is 10.7. The third-order valence-corrected chi connectivity index (χ3v) is 5.43. The Morgan fingerprint density at radius 1 is 1.32 bits per heavy atom. The number of hydrogen-bond acceptors (Lipinski definition) is 4. The predicted octanol–water partition coefficient (Wildman–Crippen LogP) is 4.01. The SMILES string of the molecule is C=CCOc1cccc(NC(=O)[C@H](C)N(c2cc(Cl)ccc2C)S(C)(=O)=O)c1. The van der Waals surface area contributed by atoms with Gasteiger partial charge in [-0.3, -0.25) is 9.10 Å². The van der Waals surface area contributed by atoms with Crippen LogP contribution >= 0.6 is 11.6 Å². The molecular formula is C20H23ClN2O4S. The van der Waals surface area contributed by atoms with E-state index >= 15 is 0 Å². The summed E-state index contributed by atoms with van der Waals surface area (Å²) in [7, 11) is -3.74. The number of benzene rings is 2. The average Bonchev–Trinajstić information content (AvgIpc) is 2.62. The van der Waals surface area contributed by atoms with E-state index in [0.29, 0.717) is 34.3 Å². The Labute approximate surface area is 170 Å². The van der Waals surface area contributed by atoms with Crippen LogP contribution in [-0.4, -0.2) is 33.2 Å². The summed E-state index contributed by atoms with van der Waals surface area (Å²) < 4.78 is 31.4. The molecule has 6 nitrogen and oxygen atoms in total. The van der Waals surface area contributed by atoms with Gasteiger partial charge in [0.05, 0.1) is 11.9 Å². The Bertz CT molecular complexity index is 976. The van der Waals surface area contributed by atoms with Gasteiger partial charge in [-0.25, -0.2) is 8.42 Å². The molecule has 0 aliphatic rings. The van der Waals surface area contributed by atoms with Crippen LogP contribution in [0.2, 0.25) is 5.02 Å². The number of nitrogens with one attached hydrogen (secondary N) is 1. The number of rotatable bonds is 8. The minimum Gasteiger partial charge on any atom is -0.489 e. The molecule has 1 atom stereocenters. The number of anilines is 2. The van der Waals surface area contributed by atoms with Crippen molar-refractivity contribution in [3.05, 3.63) is 65.7 Å². The molecule has 0 saturated heterocycles. The molecule has 0 spiro atoms. The molecule has 0 radical (unpaired) electrons. The molecule has 0 heterocycles. The second kappa shape index (κ2) is 9.12. The zero-order chi connectivity index (χ0) is 20.9. The molecule has 0 aliphatic carbocycles. The lowest BCUT2D eigenvalue weighted by molar-refractivity contribution is -0.116. The van der Waals surface area contributed by atoms with E-state index in [1.165, 1.54) is 13.0 Å². The molecule has 8 heteroatoms. The average molecular weight is 423 g/mol. The summed E-state index contributed by atoms with van der Waals surface area (Å²) in [4.78, 5) is 12.8. The summed E-state index contributed by atoms with van der Waals surface area (Å²) in [6.07, 6.45) is 2.67. The highest BCUT2D eigenvalue weighted by atomic mass is 35.5. The van der Waals surface area contributed by atoms with Crippen molar-refractivity contribution in [1.82, 2.24) is 0 Å². The van der Waals surface area contributed by atoms with Gasteiger partial charge in [0.1, 0.15) is 18.4 Å². The molecular weight excluding hydrogens is 400 g/mol. The molecule has 2 rings (SSSR count). The number of carbonyl (C=O) groups excluding carboxylic acids is 1. The maximum atomic E-state index is 12.8. The van der Waals surface area contributed by atoms with Gasteiger partial charge in [0, 0.05) is 16.8 Å². The van der Waals surface area contributed by atoms with Crippen molar-refractivity contribution in [2.75, 3.05) is 22.5 Å². The summed E-state index contributed by atoms with van der Waals surface area (Å²) in [6.45, 7) is 7.21. The molecule has 2 aromatic rings. The van der Waals surface area contributed by atoms with Crippen LogP contribution < -0.4 is 14.4 Å². The minimum absolute atomic E-state index is 0.337. The van der Waals surface area contributed by atoms with Gasteiger partial charge in [-0.2, -0.15) is 0 Å². The van der Waals surface area contributed by atoms with Crippen molar-refractivity contribution in [2.45, 2.75) is 19.9 Å². The van der Waals surface area contributed by atoms with E-state index in [0.717, 1.165) is 10.6 Å². The molecule has 2 aromatic carbocycles. The highest BCUT2D eigenvalue weighted by Crippen LogP contribution is 2.28. The summed E-state index contributed by atoms with van der Waals surface area (Å²) in [5.74, 6) is 0.0849. The number of nitrogens with zero attached hydrogens (tertiary/aromatic N) is 1. The van der Waals surface area contributed by atoms with Gasteiger partial charge >= 0.3 is 0 Å². The highest BCUT2D eigenvalue weighted by Gasteiger charge is 2.30. The van der Waals surface area contributed by atoms with Crippen LogP contribution in [0.15, 0.2) is 55.1 Å². The van der Waals surface area contributed by atoms with Gasteiger partial charge in [-0.15, -0.1) is 0 Å².